The molecule has 0 saturated heterocycles. The van der Waals surface area contributed by atoms with Crippen molar-refractivity contribution in [3.8, 4) is 0 Å². The van der Waals surface area contributed by atoms with Crippen molar-refractivity contribution in [3.05, 3.63) is 71.8 Å². The molecule has 29 heavy (non-hydrogen) atoms. The second-order valence-corrected chi connectivity index (χ2v) is 6.29. The number of esters is 1. The highest BCUT2D eigenvalue weighted by Gasteiger charge is 2.52. The Balaban J connectivity index is 2.11. The average molecular weight is 407 g/mol. The highest BCUT2D eigenvalue weighted by Crippen LogP contribution is 2.25. The van der Waals surface area contributed by atoms with Gasteiger partial charge in [0.2, 0.25) is 0 Å². The number of hydrogen-bond acceptors (Lipinski definition) is 5. The average Bonchev–Trinajstić information content (AvgIpc) is 2.73. The van der Waals surface area contributed by atoms with Crippen LogP contribution in [0.15, 0.2) is 60.7 Å². The second-order valence-electron chi connectivity index (χ2n) is 6.29. The number of halogens is 2. The predicted octanol–water partition coefficient (Wildman–Crippen LogP) is 3.08. The van der Waals surface area contributed by atoms with Crippen LogP contribution in [-0.2, 0) is 27.3 Å². The summed E-state index contributed by atoms with van der Waals surface area (Å²) in [5, 5.41) is 12.4. The Morgan fingerprint density at radius 1 is 1.00 bits per heavy atom. The van der Waals surface area contributed by atoms with Crippen LogP contribution >= 0.6 is 0 Å². The molecule has 2 unspecified atom stereocenters. The van der Waals surface area contributed by atoms with Gasteiger partial charge in [-0.15, -0.1) is 0 Å². The number of hydrogen-bond donors (Lipinski definition) is 2. The van der Waals surface area contributed by atoms with E-state index in [2.05, 4.69) is 10.1 Å². The number of amides is 1. The molecule has 6 nitrogen and oxygen atoms in total. The normalized spacial score (nSPS) is 13.2. The summed E-state index contributed by atoms with van der Waals surface area (Å²) in [7, 11) is 0. The molecule has 0 spiro atoms. The number of benzene rings is 2. The summed E-state index contributed by atoms with van der Waals surface area (Å²) in [6, 6.07) is 15.7. The number of alkyl halides is 2. The minimum absolute atomic E-state index is 0.0743. The maximum absolute atomic E-state index is 14.3. The van der Waals surface area contributed by atoms with Crippen LogP contribution in [0.4, 0.5) is 13.6 Å². The number of ether oxygens (including phenoxy) is 2. The molecule has 0 fully saturated rings. The van der Waals surface area contributed by atoms with Gasteiger partial charge in [0, 0.05) is 0 Å². The molecule has 8 heteroatoms. The molecular formula is C21H23F2NO5. The third-order valence-electron chi connectivity index (χ3n) is 4.11. The molecule has 0 saturated carbocycles. The molecule has 2 aromatic carbocycles. The Kier molecular flexibility index (Phi) is 8.09. The van der Waals surface area contributed by atoms with Gasteiger partial charge in [-0.1, -0.05) is 60.7 Å². The Morgan fingerprint density at radius 2 is 1.55 bits per heavy atom. The zero-order chi connectivity index (χ0) is 21.3. The highest BCUT2D eigenvalue weighted by molar-refractivity contribution is 5.78. The first-order valence-corrected chi connectivity index (χ1v) is 9.08. The molecule has 0 aromatic heterocycles. The van der Waals surface area contributed by atoms with Crippen LogP contribution < -0.4 is 5.32 Å². The molecule has 2 aromatic rings. The van der Waals surface area contributed by atoms with E-state index in [0.29, 0.717) is 11.1 Å². The van der Waals surface area contributed by atoms with Crippen LogP contribution in [0, 0.1) is 0 Å². The fourth-order valence-electron chi connectivity index (χ4n) is 2.63. The van der Waals surface area contributed by atoms with Crippen LogP contribution in [0.5, 0.6) is 0 Å². The van der Waals surface area contributed by atoms with Crippen molar-refractivity contribution in [2.24, 2.45) is 0 Å². The molecule has 0 radical (unpaired) electrons. The number of nitrogens with one attached hydrogen (secondary N) is 1. The highest BCUT2D eigenvalue weighted by atomic mass is 19.3. The first kappa shape index (κ1) is 22.3. The molecule has 2 atom stereocenters. The zero-order valence-electron chi connectivity index (χ0n) is 15.9. The lowest BCUT2D eigenvalue weighted by molar-refractivity contribution is -0.191. The van der Waals surface area contributed by atoms with Crippen molar-refractivity contribution in [3.63, 3.8) is 0 Å². The first-order chi connectivity index (χ1) is 13.8. The van der Waals surface area contributed by atoms with Gasteiger partial charge in [0.05, 0.1) is 12.6 Å². The molecule has 2 N–H and O–H groups in total. The van der Waals surface area contributed by atoms with Crippen molar-refractivity contribution in [1.29, 1.82) is 0 Å². The largest absolute Gasteiger partial charge is 0.461 e. The van der Waals surface area contributed by atoms with E-state index in [4.69, 9.17) is 4.74 Å². The van der Waals surface area contributed by atoms with Crippen LogP contribution in [0.25, 0.3) is 0 Å². The molecule has 0 heterocycles. The number of alkyl carbamates (subject to hydrolysis) is 1. The van der Waals surface area contributed by atoms with E-state index in [1.165, 1.54) is 6.92 Å². The Bertz CT molecular complexity index is 786. The van der Waals surface area contributed by atoms with E-state index in [9.17, 15) is 23.5 Å². The predicted molar refractivity (Wildman–Crippen MR) is 101 cm³/mol. The van der Waals surface area contributed by atoms with Gasteiger partial charge >= 0.3 is 18.0 Å². The molecule has 0 bridgehead atoms. The lowest BCUT2D eigenvalue weighted by atomic mass is 9.97. The summed E-state index contributed by atoms with van der Waals surface area (Å²) < 4.78 is 38.1. The summed E-state index contributed by atoms with van der Waals surface area (Å²) >= 11 is 0. The van der Waals surface area contributed by atoms with Crippen molar-refractivity contribution in [1.82, 2.24) is 5.32 Å². The van der Waals surface area contributed by atoms with E-state index in [1.807, 2.05) is 0 Å². The Hall–Kier alpha value is -3.00. The van der Waals surface area contributed by atoms with Crippen LogP contribution in [-0.4, -0.2) is 41.8 Å². The van der Waals surface area contributed by atoms with Crippen LogP contribution in [0.2, 0.25) is 0 Å². The summed E-state index contributed by atoms with van der Waals surface area (Å²) in [5.74, 6) is -6.06. The standard InChI is InChI=1S/C21H23F2NO5/c1-2-28-19(26)21(22,23)18(25)17(13-15-9-5-3-6-10-15)24-20(27)29-14-16-11-7-4-8-12-16/h3-12,17-18,25H,2,13-14H2,1H3,(H,24,27). The summed E-state index contributed by atoms with van der Waals surface area (Å²) in [6.45, 7) is 1.03. The summed E-state index contributed by atoms with van der Waals surface area (Å²) in [5.41, 5.74) is 1.29. The van der Waals surface area contributed by atoms with Gasteiger partial charge in [-0.05, 0) is 24.5 Å². The van der Waals surface area contributed by atoms with Gasteiger partial charge in [-0.2, -0.15) is 8.78 Å². The van der Waals surface area contributed by atoms with Gasteiger partial charge < -0.3 is 19.9 Å². The summed E-state index contributed by atoms with van der Waals surface area (Å²) in [4.78, 5) is 23.7. The SMILES string of the molecule is CCOC(=O)C(F)(F)C(O)C(Cc1ccccc1)NC(=O)OCc1ccccc1. The van der Waals surface area contributed by atoms with Crippen molar-refractivity contribution < 1.29 is 33.0 Å². The molecule has 1 amide bonds. The quantitative estimate of drug-likeness (QED) is 0.624. The van der Waals surface area contributed by atoms with E-state index in [-0.39, 0.29) is 19.6 Å². The third kappa shape index (κ3) is 6.53. The Morgan fingerprint density at radius 3 is 2.10 bits per heavy atom. The first-order valence-electron chi connectivity index (χ1n) is 9.08. The van der Waals surface area contributed by atoms with E-state index in [1.54, 1.807) is 60.7 Å². The molecular weight excluding hydrogens is 384 g/mol. The van der Waals surface area contributed by atoms with Gasteiger partial charge in [0.1, 0.15) is 12.7 Å². The molecule has 0 aliphatic carbocycles. The van der Waals surface area contributed by atoms with Crippen LogP contribution in [0.1, 0.15) is 18.1 Å². The second kappa shape index (κ2) is 10.5. The minimum atomic E-state index is -4.21. The van der Waals surface area contributed by atoms with Crippen molar-refractivity contribution in [2.75, 3.05) is 6.61 Å². The fourth-order valence-corrected chi connectivity index (χ4v) is 2.63. The topological polar surface area (TPSA) is 84.9 Å². The maximum Gasteiger partial charge on any atom is 0.407 e. The number of carbonyl (C=O) groups excluding carboxylic acids is 2. The zero-order valence-corrected chi connectivity index (χ0v) is 15.9. The molecule has 2 rings (SSSR count). The molecule has 0 aliphatic heterocycles. The fraction of sp³-hybridized carbons (Fsp3) is 0.333. The molecule has 156 valence electrons. The Labute approximate surface area is 167 Å². The lowest BCUT2D eigenvalue weighted by Gasteiger charge is -2.28. The minimum Gasteiger partial charge on any atom is -0.461 e. The summed E-state index contributed by atoms with van der Waals surface area (Å²) in [6.07, 6.45) is -3.64. The monoisotopic (exact) mass is 407 g/mol. The number of aliphatic hydroxyl groups excluding tert-OH is 1. The number of rotatable bonds is 9. The number of aliphatic hydroxyl groups is 1. The van der Waals surface area contributed by atoms with Crippen LogP contribution in [0.3, 0.4) is 0 Å². The third-order valence-corrected chi connectivity index (χ3v) is 4.11. The van der Waals surface area contributed by atoms with Crippen molar-refractivity contribution >= 4 is 12.1 Å². The van der Waals surface area contributed by atoms with Gasteiger partial charge in [-0.25, -0.2) is 9.59 Å². The lowest BCUT2D eigenvalue weighted by Crippen LogP contribution is -2.56. The maximum atomic E-state index is 14.3. The number of carbonyl (C=O) groups is 2. The van der Waals surface area contributed by atoms with E-state index < -0.39 is 30.1 Å². The van der Waals surface area contributed by atoms with Crippen molar-refractivity contribution in [2.45, 2.75) is 38.0 Å². The van der Waals surface area contributed by atoms with E-state index >= 15 is 0 Å². The molecule has 0 aliphatic rings. The van der Waals surface area contributed by atoms with Gasteiger partial charge in [0.25, 0.3) is 0 Å². The smallest absolute Gasteiger partial charge is 0.407 e. The van der Waals surface area contributed by atoms with Gasteiger partial charge in [-0.3, -0.25) is 0 Å². The van der Waals surface area contributed by atoms with E-state index in [0.717, 1.165) is 0 Å². The van der Waals surface area contributed by atoms with Gasteiger partial charge in [0.15, 0.2) is 0 Å².